The van der Waals surface area contributed by atoms with Crippen molar-refractivity contribution < 1.29 is 38.0 Å². The van der Waals surface area contributed by atoms with Crippen molar-refractivity contribution >= 4 is 11.9 Å². The minimum absolute atomic E-state index is 0.290. The first-order valence-corrected chi connectivity index (χ1v) is 12.4. The minimum Gasteiger partial charge on any atom is -0.447 e. The van der Waals surface area contributed by atoms with E-state index < -0.39 is 48.1 Å². The first-order valence-electron chi connectivity index (χ1n) is 12.4. The molecule has 0 bridgehead atoms. The molecule has 36 heavy (non-hydrogen) atoms. The van der Waals surface area contributed by atoms with E-state index in [1.807, 2.05) is 0 Å². The van der Waals surface area contributed by atoms with Gasteiger partial charge in [0.05, 0.1) is 37.6 Å². The summed E-state index contributed by atoms with van der Waals surface area (Å²) in [7, 11) is 0. The van der Waals surface area contributed by atoms with Gasteiger partial charge in [-0.2, -0.15) is 0 Å². The molecule has 0 aromatic heterocycles. The SMILES string of the molecule is CC(OC(=O)c1ccc(C(=O)OC(C)(C2NCCO2)C2NCCO2)cc1)(C1NCCO1)C1NCCO1. The Morgan fingerprint density at radius 1 is 0.639 bits per heavy atom. The maximum atomic E-state index is 13.1. The van der Waals surface area contributed by atoms with Crippen molar-refractivity contribution in [3.05, 3.63) is 35.4 Å². The number of benzene rings is 1. The van der Waals surface area contributed by atoms with Crippen molar-refractivity contribution in [2.24, 2.45) is 0 Å². The van der Waals surface area contributed by atoms with Crippen LogP contribution in [0.4, 0.5) is 0 Å². The lowest BCUT2D eigenvalue weighted by Crippen LogP contribution is -2.60. The smallest absolute Gasteiger partial charge is 0.338 e. The molecule has 5 rings (SSSR count). The van der Waals surface area contributed by atoms with Crippen molar-refractivity contribution in [1.82, 2.24) is 21.3 Å². The third-order valence-corrected chi connectivity index (χ3v) is 6.93. The van der Waals surface area contributed by atoms with Crippen LogP contribution in [0.15, 0.2) is 24.3 Å². The Kier molecular flexibility index (Phi) is 7.56. The molecule has 0 aliphatic carbocycles. The van der Waals surface area contributed by atoms with Gasteiger partial charge in [-0.1, -0.05) is 0 Å². The highest BCUT2D eigenvalue weighted by Crippen LogP contribution is 2.29. The second-order valence-electron chi connectivity index (χ2n) is 9.54. The van der Waals surface area contributed by atoms with Crippen LogP contribution in [0.5, 0.6) is 0 Å². The van der Waals surface area contributed by atoms with Gasteiger partial charge in [0.1, 0.15) is 0 Å². The number of nitrogens with one attached hydrogen (secondary N) is 4. The first kappa shape index (κ1) is 25.5. The Bertz CT molecular complexity index is 814. The molecule has 198 valence electrons. The highest BCUT2D eigenvalue weighted by molar-refractivity contribution is 5.93. The first-order chi connectivity index (χ1) is 17.4. The van der Waals surface area contributed by atoms with Crippen LogP contribution in [0.25, 0.3) is 0 Å². The van der Waals surface area contributed by atoms with Gasteiger partial charge in [0.2, 0.25) is 0 Å². The summed E-state index contributed by atoms with van der Waals surface area (Å²) in [5.74, 6) is -1.10. The summed E-state index contributed by atoms with van der Waals surface area (Å²) >= 11 is 0. The lowest BCUT2D eigenvalue weighted by molar-refractivity contribution is -0.159. The largest absolute Gasteiger partial charge is 0.447 e. The van der Waals surface area contributed by atoms with Crippen LogP contribution in [0.2, 0.25) is 0 Å². The van der Waals surface area contributed by atoms with Crippen LogP contribution in [0.3, 0.4) is 0 Å². The zero-order valence-corrected chi connectivity index (χ0v) is 20.5. The van der Waals surface area contributed by atoms with Gasteiger partial charge in [-0.3, -0.25) is 21.3 Å². The molecule has 4 heterocycles. The Labute approximate surface area is 209 Å². The molecule has 4 atom stereocenters. The molecule has 1 aromatic carbocycles. The molecule has 4 unspecified atom stereocenters. The van der Waals surface area contributed by atoms with E-state index in [1.165, 1.54) is 24.3 Å². The lowest BCUT2D eigenvalue weighted by atomic mass is 10.0. The number of rotatable bonds is 8. The van der Waals surface area contributed by atoms with Crippen LogP contribution < -0.4 is 21.3 Å². The summed E-state index contributed by atoms with van der Waals surface area (Å²) in [5.41, 5.74) is -1.60. The van der Waals surface area contributed by atoms with Gasteiger partial charge in [0, 0.05) is 26.2 Å². The van der Waals surface area contributed by atoms with Gasteiger partial charge in [-0.05, 0) is 38.1 Å². The fraction of sp³-hybridized carbons (Fsp3) is 0.667. The van der Waals surface area contributed by atoms with E-state index in [9.17, 15) is 9.59 Å². The van der Waals surface area contributed by atoms with E-state index in [2.05, 4.69) is 21.3 Å². The quantitative estimate of drug-likeness (QED) is 0.332. The molecule has 4 saturated heterocycles. The van der Waals surface area contributed by atoms with Gasteiger partial charge < -0.3 is 28.4 Å². The number of carbonyl (C=O) groups excluding carboxylic acids is 2. The second-order valence-corrected chi connectivity index (χ2v) is 9.54. The lowest BCUT2D eigenvalue weighted by Gasteiger charge is -2.38. The van der Waals surface area contributed by atoms with Crippen molar-refractivity contribution in [3.8, 4) is 0 Å². The van der Waals surface area contributed by atoms with Crippen molar-refractivity contribution in [2.75, 3.05) is 52.6 Å². The Hall–Kier alpha value is -2.16. The standard InChI is InChI=1S/C24H34N4O8/c1-23(19-25-7-11-31-19,20-26-8-12-32-20)35-17(29)15-3-5-16(6-4-15)18(30)36-24(2,21-27-9-13-33-21)22-28-10-14-34-22/h3-6,19-22,25-28H,7-14H2,1-2H3. The zero-order valence-electron chi connectivity index (χ0n) is 20.5. The predicted molar refractivity (Wildman–Crippen MR) is 125 cm³/mol. The average Bonchev–Trinajstić information content (AvgIpc) is 3.71. The fourth-order valence-electron chi connectivity index (χ4n) is 4.92. The van der Waals surface area contributed by atoms with E-state index in [1.54, 1.807) is 13.8 Å². The molecule has 4 aliphatic heterocycles. The van der Waals surface area contributed by atoms with Crippen molar-refractivity contribution in [3.63, 3.8) is 0 Å². The van der Waals surface area contributed by atoms with Crippen LogP contribution in [0.1, 0.15) is 34.6 Å². The number of hydrogen-bond acceptors (Lipinski definition) is 12. The number of hydrogen-bond donors (Lipinski definition) is 4. The molecule has 0 amide bonds. The highest BCUT2D eigenvalue weighted by atomic mass is 16.6. The summed E-state index contributed by atoms with van der Waals surface area (Å²) in [6, 6.07) is 6.16. The van der Waals surface area contributed by atoms with Crippen molar-refractivity contribution in [2.45, 2.75) is 50.0 Å². The minimum atomic E-state index is -1.09. The van der Waals surface area contributed by atoms with Crippen LogP contribution in [-0.2, 0) is 28.4 Å². The molecular formula is C24H34N4O8. The van der Waals surface area contributed by atoms with Crippen molar-refractivity contribution in [1.29, 1.82) is 0 Å². The van der Waals surface area contributed by atoms with Gasteiger partial charge in [0.25, 0.3) is 0 Å². The molecule has 4 N–H and O–H groups in total. The van der Waals surface area contributed by atoms with E-state index in [4.69, 9.17) is 28.4 Å². The molecule has 4 aliphatic rings. The third kappa shape index (κ3) is 5.00. The summed E-state index contributed by atoms with van der Waals surface area (Å²) in [6.07, 6.45) is -2.05. The maximum absolute atomic E-state index is 13.1. The van der Waals surface area contributed by atoms with E-state index in [0.29, 0.717) is 52.6 Å². The zero-order chi connectivity index (χ0) is 25.2. The highest BCUT2D eigenvalue weighted by Gasteiger charge is 2.51. The van der Waals surface area contributed by atoms with Gasteiger partial charge >= 0.3 is 11.9 Å². The Balaban J connectivity index is 1.27. The van der Waals surface area contributed by atoms with Crippen LogP contribution >= 0.6 is 0 Å². The molecule has 0 radical (unpaired) electrons. The summed E-state index contributed by atoms with van der Waals surface area (Å²) < 4.78 is 34.8. The molecule has 1 aromatic rings. The number of carbonyl (C=O) groups is 2. The molecule has 0 saturated carbocycles. The monoisotopic (exact) mass is 506 g/mol. The summed E-state index contributed by atoms with van der Waals surface area (Å²) in [5, 5.41) is 12.8. The van der Waals surface area contributed by atoms with Crippen LogP contribution in [0, 0.1) is 0 Å². The van der Waals surface area contributed by atoms with Gasteiger partial charge in [-0.25, -0.2) is 9.59 Å². The Morgan fingerprint density at radius 3 is 1.14 bits per heavy atom. The maximum Gasteiger partial charge on any atom is 0.338 e. The molecular weight excluding hydrogens is 472 g/mol. The number of ether oxygens (including phenoxy) is 6. The van der Waals surface area contributed by atoms with Crippen LogP contribution in [-0.4, -0.2) is 101 Å². The topological polar surface area (TPSA) is 138 Å². The normalized spacial score (nSPS) is 31.6. The molecule has 4 fully saturated rings. The predicted octanol–water partition coefficient (Wildman–Crippen LogP) is -0.699. The second kappa shape index (κ2) is 10.7. The van der Waals surface area contributed by atoms with Gasteiger partial charge in [0.15, 0.2) is 36.1 Å². The summed E-state index contributed by atoms with van der Waals surface area (Å²) in [6.45, 7) is 8.25. The summed E-state index contributed by atoms with van der Waals surface area (Å²) in [4.78, 5) is 26.2. The number of esters is 2. The molecule has 0 spiro atoms. The van der Waals surface area contributed by atoms with Gasteiger partial charge in [-0.15, -0.1) is 0 Å². The van der Waals surface area contributed by atoms with E-state index in [-0.39, 0.29) is 11.1 Å². The fourth-order valence-corrected chi connectivity index (χ4v) is 4.92. The Morgan fingerprint density at radius 2 is 0.917 bits per heavy atom. The van der Waals surface area contributed by atoms with E-state index >= 15 is 0 Å². The average molecular weight is 507 g/mol. The third-order valence-electron chi connectivity index (χ3n) is 6.93. The van der Waals surface area contributed by atoms with E-state index in [0.717, 1.165) is 0 Å². The molecule has 12 nitrogen and oxygen atoms in total. The molecule has 12 heteroatoms.